The molecule has 0 saturated carbocycles. The number of alkyl halides is 3. The normalized spacial score (nSPS) is 11.3. The Balaban J connectivity index is 2.32. The van der Waals surface area contributed by atoms with Crippen LogP contribution < -0.4 is 5.32 Å². The summed E-state index contributed by atoms with van der Waals surface area (Å²) in [5, 5.41) is 2.76. The molecule has 18 heavy (non-hydrogen) atoms. The Morgan fingerprint density at radius 2 is 1.50 bits per heavy atom. The van der Waals surface area contributed by atoms with E-state index in [1.54, 1.807) is 30.3 Å². The zero-order chi connectivity index (χ0) is 13.2. The Bertz CT molecular complexity index is 529. The average molecular weight is 250 g/mol. The van der Waals surface area contributed by atoms with Crippen molar-refractivity contribution in [2.75, 3.05) is 5.32 Å². The fourth-order valence-electron chi connectivity index (χ4n) is 1.58. The largest absolute Gasteiger partial charge is 0.418 e. The van der Waals surface area contributed by atoms with Crippen LogP contribution in [0.5, 0.6) is 0 Å². The summed E-state index contributed by atoms with van der Waals surface area (Å²) in [5.74, 6) is 0. The topological polar surface area (TPSA) is 12.0 Å². The van der Waals surface area contributed by atoms with E-state index in [1.807, 2.05) is 0 Å². The summed E-state index contributed by atoms with van der Waals surface area (Å²) in [6.45, 7) is 3.72. The van der Waals surface area contributed by atoms with Gasteiger partial charge in [0.2, 0.25) is 0 Å². The molecule has 2 aromatic rings. The van der Waals surface area contributed by atoms with Crippen LogP contribution in [0.1, 0.15) is 11.1 Å². The maximum atomic E-state index is 12.8. The van der Waals surface area contributed by atoms with E-state index >= 15 is 0 Å². The standard InChI is InChI=1S/C14H11F3N/c1-10-6-8-11(9-7-10)18-13-5-3-2-4-12(13)14(15,16)17/h2-9,18H,1H2. The molecule has 2 aromatic carbocycles. The van der Waals surface area contributed by atoms with Crippen molar-refractivity contribution in [3.63, 3.8) is 0 Å². The molecule has 0 atom stereocenters. The average Bonchev–Trinajstić information content (AvgIpc) is 2.31. The van der Waals surface area contributed by atoms with Crippen LogP contribution in [0.2, 0.25) is 0 Å². The third kappa shape index (κ3) is 2.83. The SMILES string of the molecule is [CH2]c1ccc(Nc2ccccc2C(F)(F)F)cc1. The van der Waals surface area contributed by atoms with Gasteiger partial charge in [-0.25, -0.2) is 0 Å². The zero-order valence-corrected chi connectivity index (χ0v) is 9.46. The Kier molecular flexibility index (Phi) is 3.28. The maximum Gasteiger partial charge on any atom is 0.418 e. The van der Waals surface area contributed by atoms with Crippen molar-refractivity contribution < 1.29 is 13.2 Å². The van der Waals surface area contributed by atoms with Crippen molar-refractivity contribution in [2.24, 2.45) is 0 Å². The van der Waals surface area contributed by atoms with Crippen LogP contribution in [-0.2, 0) is 6.18 Å². The quantitative estimate of drug-likeness (QED) is 0.819. The minimum absolute atomic E-state index is 0.0433. The fourth-order valence-corrected chi connectivity index (χ4v) is 1.58. The molecule has 0 aromatic heterocycles. The number of nitrogens with one attached hydrogen (secondary N) is 1. The molecule has 4 heteroatoms. The second-order valence-corrected chi connectivity index (χ2v) is 3.87. The van der Waals surface area contributed by atoms with Crippen molar-refractivity contribution in [3.8, 4) is 0 Å². The first-order valence-electron chi connectivity index (χ1n) is 5.32. The number of halogens is 3. The molecule has 0 bridgehead atoms. The van der Waals surface area contributed by atoms with E-state index in [0.29, 0.717) is 5.69 Å². The van der Waals surface area contributed by atoms with E-state index in [-0.39, 0.29) is 5.69 Å². The molecule has 0 aliphatic rings. The van der Waals surface area contributed by atoms with Crippen molar-refractivity contribution in [2.45, 2.75) is 6.18 Å². The molecule has 1 radical (unpaired) electrons. The van der Waals surface area contributed by atoms with Crippen LogP contribution in [0.25, 0.3) is 0 Å². The maximum absolute atomic E-state index is 12.8. The molecule has 0 amide bonds. The van der Waals surface area contributed by atoms with Gasteiger partial charge in [-0.15, -0.1) is 0 Å². The van der Waals surface area contributed by atoms with Crippen LogP contribution in [0.15, 0.2) is 48.5 Å². The number of hydrogen-bond donors (Lipinski definition) is 1. The van der Waals surface area contributed by atoms with Gasteiger partial charge >= 0.3 is 6.18 Å². The van der Waals surface area contributed by atoms with E-state index in [2.05, 4.69) is 12.2 Å². The molecule has 1 nitrogen and oxygen atoms in total. The second-order valence-electron chi connectivity index (χ2n) is 3.87. The van der Waals surface area contributed by atoms with Crippen molar-refractivity contribution >= 4 is 11.4 Å². The molecule has 0 aliphatic carbocycles. The summed E-state index contributed by atoms with van der Waals surface area (Å²) < 4.78 is 38.3. The molecule has 1 N–H and O–H groups in total. The van der Waals surface area contributed by atoms with Gasteiger partial charge in [0.1, 0.15) is 0 Å². The van der Waals surface area contributed by atoms with E-state index in [9.17, 15) is 13.2 Å². The Hall–Kier alpha value is -1.97. The number of rotatable bonds is 2. The molecule has 0 fully saturated rings. The van der Waals surface area contributed by atoms with Gasteiger partial charge < -0.3 is 5.32 Å². The molecule has 93 valence electrons. The van der Waals surface area contributed by atoms with E-state index < -0.39 is 11.7 Å². The number of benzene rings is 2. The summed E-state index contributed by atoms with van der Waals surface area (Å²) in [7, 11) is 0. The van der Waals surface area contributed by atoms with Gasteiger partial charge in [0.05, 0.1) is 11.3 Å². The molecular formula is C14H11F3N. The zero-order valence-electron chi connectivity index (χ0n) is 9.46. The molecule has 0 spiro atoms. The number of hydrogen-bond acceptors (Lipinski definition) is 1. The predicted molar refractivity (Wildman–Crippen MR) is 65.6 cm³/mol. The van der Waals surface area contributed by atoms with Crippen molar-refractivity contribution in [1.29, 1.82) is 0 Å². The minimum atomic E-state index is -4.37. The van der Waals surface area contributed by atoms with Gasteiger partial charge in [0, 0.05) is 5.69 Å². The summed E-state index contributed by atoms with van der Waals surface area (Å²) in [6, 6.07) is 12.2. The van der Waals surface area contributed by atoms with E-state index in [1.165, 1.54) is 12.1 Å². The molecular weight excluding hydrogens is 239 g/mol. The lowest BCUT2D eigenvalue weighted by molar-refractivity contribution is -0.136. The molecule has 0 aliphatic heterocycles. The van der Waals surface area contributed by atoms with Gasteiger partial charge in [-0.1, -0.05) is 24.3 Å². The van der Waals surface area contributed by atoms with Crippen LogP contribution in [-0.4, -0.2) is 0 Å². The van der Waals surface area contributed by atoms with Crippen LogP contribution in [0.3, 0.4) is 0 Å². The first kappa shape index (κ1) is 12.5. The van der Waals surface area contributed by atoms with E-state index in [4.69, 9.17) is 0 Å². The highest BCUT2D eigenvalue weighted by Gasteiger charge is 2.33. The number of anilines is 2. The highest BCUT2D eigenvalue weighted by Crippen LogP contribution is 2.35. The second kappa shape index (κ2) is 4.72. The molecule has 2 rings (SSSR count). The molecule has 0 unspecified atom stereocenters. The lowest BCUT2D eigenvalue weighted by atomic mass is 10.1. The van der Waals surface area contributed by atoms with Crippen LogP contribution in [0.4, 0.5) is 24.5 Å². The van der Waals surface area contributed by atoms with Gasteiger partial charge in [0.25, 0.3) is 0 Å². The Morgan fingerprint density at radius 3 is 2.11 bits per heavy atom. The smallest absolute Gasteiger partial charge is 0.355 e. The first-order chi connectivity index (χ1) is 8.47. The minimum Gasteiger partial charge on any atom is -0.355 e. The van der Waals surface area contributed by atoms with Crippen LogP contribution >= 0.6 is 0 Å². The van der Waals surface area contributed by atoms with E-state index in [0.717, 1.165) is 11.6 Å². The van der Waals surface area contributed by atoms with Crippen molar-refractivity contribution in [3.05, 3.63) is 66.6 Å². The van der Waals surface area contributed by atoms with Crippen LogP contribution in [0, 0.1) is 6.92 Å². The monoisotopic (exact) mass is 250 g/mol. The number of para-hydroxylation sites is 1. The predicted octanol–water partition coefficient (Wildman–Crippen LogP) is 4.63. The Labute approximate surface area is 103 Å². The third-order valence-electron chi connectivity index (χ3n) is 2.47. The first-order valence-corrected chi connectivity index (χ1v) is 5.32. The lowest BCUT2D eigenvalue weighted by Crippen LogP contribution is -2.08. The lowest BCUT2D eigenvalue weighted by Gasteiger charge is -2.14. The molecule has 0 heterocycles. The van der Waals surface area contributed by atoms with Crippen molar-refractivity contribution in [1.82, 2.24) is 0 Å². The van der Waals surface area contributed by atoms with Gasteiger partial charge in [0.15, 0.2) is 0 Å². The highest BCUT2D eigenvalue weighted by atomic mass is 19.4. The summed E-state index contributed by atoms with van der Waals surface area (Å²) in [5.41, 5.74) is 0.772. The Morgan fingerprint density at radius 1 is 0.889 bits per heavy atom. The third-order valence-corrected chi connectivity index (χ3v) is 2.47. The summed E-state index contributed by atoms with van der Waals surface area (Å²) in [4.78, 5) is 0. The molecule has 0 saturated heterocycles. The fraction of sp³-hybridized carbons (Fsp3) is 0.0714. The van der Waals surface area contributed by atoms with Gasteiger partial charge in [-0.2, -0.15) is 13.2 Å². The van der Waals surface area contributed by atoms with Gasteiger partial charge in [-0.3, -0.25) is 0 Å². The summed E-state index contributed by atoms with van der Waals surface area (Å²) in [6.07, 6.45) is -4.37. The summed E-state index contributed by atoms with van der Waals surface area (Å²) >= 11 is 0. The highest BCUT2D eigenvalue weighted by molar-refractivity contribution is 5.64. The van der Waals surface area contributed by atoms with Gasteiger partial charge in [-0.05, 0) is 36.8 Å².